The maximum absolute atomic E-state index is 11.4. The normalized spacial score (nSPS) is 10.2. The molecule has 0 aliphatic heterocycles. The topological polar surface area (TPSA) is 58.6 Å². The Morgan fingerprint density at radius 3 is 2.21 bits per heavy atom. The molecule has 0 heterocycles. The van der Waals surface area contributed by atoms with Crippen LogP contribution in [0.3, 0.4) is 0 Å². The van der Waals surface area contributed by atoms with Crippen molar-refractivity contribution in [2.75, 3.05) is 12.4 Å². The van der Waals surface area contributed by atoms with Crippen molar-refractivity contribution in [3.8, 4) is 16.9 Å². The number of anilines is 2. The van der Waals surface area contributed by atoms with Crippen LogP contribution in [-0.4, -0.2) is 18.2 Å². The van der Waals surface area contributed by atoms with Gasteiger partial charge in [-0.25, -0.2) is 4.79 Å². The van der Waals surface area contributed by atoms with E-state index >= 15 is 0 Å². The molecule has 0 aliphatic carbocycles. The molecule has 0 aliphatic rings. The number of carboxylic acid groups (broad SMARTS) is 1. The van der Waals surface area contributed by atoms with Crippen molar-refractivity contribution < 1.29 is 14.6 Å². The molecule has 0 aromatic heterocycles. The lowest BCUT2D eigenvalue weighted by atomic mass is 10.1. The summed E-state index contributed by atoms with van der Waals surface area (Å²) in [5, 5.41) is 12.5. The van der Waals surface area contributed by atoms with Crippen molar-refractivity contribution in [3.63, 3.8) is 0 Å². The lowest BCUT2D eigenvalue weighted by molar-refractivity contribution is 0.0697. The van der Waals surface area contributed by atoms with E-state index < -0.39 is 5.97 Å². The van der Waals surface area contributed by atoms with Crippen LogP contribution < -0.4 is 10.1 Å². The maximum Gasteiger partial charge on any atom is 0.337 e. The second-order valence-electron chi connectivity index (χ2n) is 5.29. The Morgan fingerprint density at radius 1 is 0.917 bits per heavy atom. The zero-order chi connectivity index (χ0) is 16.9. The first-order valence-corrected chi connectivity index (χ1v) is 7.51. The van der Waals surface area contributed by atoms with E-state index in [4.69, 9.17) is 4.74 Å². The van der Waals surface area contributed by atoms with Crippen molar-refractivity contribution in [1.29, 1.82) is 0 Å². The van der Waals surface area contributed by atoms with Gasteiger partial charge in [0.25, 0.3) is 0 Å². The SMILES string of the molecule is COc1ccc(Nc2ccc(-c3ccccc3)cc2)c(C(=O)O)c1. The number of carboxylic acids is 1. The molecule has 2 N–H and O–H groups in total. The number of carbonyl (C=O) groups is 1. The van der Waals surface area contributed by atoms with Crippen LogP contribution in [0.4, 0.5) is 11.4 Å². The molecule has 3 rings (SSSR count). The van der Waals surface area contributed by atoms with E-state index in [1.165, 1.54) is 13.2 Å². The fourth-order valence-corrected chi connectivity index (χ4v) is 2.47. The van der Waals surface area contributed by atoms with Crippen LogP contribution >= 0.6 is 0 Å². The summed E-state index contributed by atoms with van der Waals surface area (Å²) in [5.74, 6) is -0.491. The van der Waals surface area contributed by atoms with Gasteiger partial charge in [0.15, 0.2) is 0 Å². The van der Waals surface area contributed by atoms with Crippen molar-refractivity contribution in [2.24, 2.45) is 0 Å². The van der Waals surface area contributed by atoms with E-state index in [9.17, 15) is 9.90 Å². The molecule has 0 atom stereocenters. The lowest BCUT2D eigenvalue weighted by Gasteiger charge is -2.12. The third-order valence-corrected chi connectivity index (χ3v) is 3.73. The molecule has 0 bridgehead atoms. The predicted octanol–water partition coefficient (Wildman–Crippen LogP) is 4.80. The van der Waals surface area contributed by atoms with Crippen molar-refractivity contribution in [2.45, 2.75) is 0 Å². The Kier molecular flexibility index (Phi) is 4.47. The Labute approximate surface area is 140 Å². The largest absolute Gasteiger partial charge is 0.497 e. The summed E-state index contributed by atoms with van der Waals surface area (Å²) in [5.41, 5.74) is 3.76. The molecule has 4 nitrogen and oxygen atoms in total. The first kappa shape index (κ1) is 15.6. The van der Waals surface area contributed by atoms with E-state index in [0.29, 0.717) is 11.4 Å². The number of hydrogen-bond acceptors (Lipinski definition) is 3. The highest BCUT2D eigenvalue weighted by molar-refractivity contribution is 5.95. The third kappa shape index (κ3) is 3.38. The smallest absolute Gasteiger partial charge is 0.337 e. The van der Waals surface area contributed by atoms with Crippen molar-refractivity contribution >= 4 is 17.3 Å². The van der Waals surface area contributed by atoms with E-state index in [2.05, 4.69) is 17.4 Å². The maximum atomic E-state index is 11.4. The quantitative estimate of drug-likeness (QED) is 0.709. The molecular weight excluding hydrogens is 302 g/mol. The van der Waals surface area contributed by atoms with Gasteiger partial charge in [0, 0.05) is 5.69 Å². The zero-order valence-corrected chi connectivity index (χ0v) is 13.2. The summed E-state index contributed by atoms with van der Waals surface area (Å²) in [6.07, 6.45) is 0. The summed E-state index contributed by atoms with van der Waals surface area (Å²) in [6.45, 7) is 0. The van der Waals surface area contributed by atoms with Crippen LogP contribution in [0, 0.1) is 0 Å². The van der Waals surface area contributed by atoms with Crippen molar-refractivity contribution in [1.82, 2.24) is 0 Å². The fraction of sp³-hybridized carbons (Fsp3) is 0.0500. The molecule has 0 spiro atoms. The van der Waals surface area contributed by atoms with Gasteiger partial charge >= 0.3 is 5.97 Å². The predicted molar refractivity (Wildman–Crippen MR) is 95.1 cm³/mol. The number of methoxy groups -OCH3 is 1. The molecule has 0 amide bonds. The number of ether oxygens (including phenoxy) is 1. The molecule has 0 radical (unpaired) electrons. The van der Waals surface area contributed by atoms with Gasteiger partial charge in [-0.2, -0.15) is 0 Å². The molecule has 0 saturated heterocycles. The molecule has 3 aromatic carbocycles. The van der Waals surface area contributed by atoms with E-state index in [1.807, 2.05) is 42.5 Å². The van der Waals surface area contributed by atoms with Crippen LogP contribution in [0.2, 0.25) is 0 Å². The van der Waals surface area contributed by atoms with Crippen LogP contribution in [0.5, 0.6) is 5.75 Å². The molecule has 0 fully saturated rings. The Morgan fingerprint density at radius 2 is 1.58 bits per heavy atom. The molecule has 0 unspecified atom stereocenters. The van der Waals surface area contributed by atoms with Gasteiger partial charge in [-0.05, 0) is 41.5 Å². The standard InChI is InChI=1S/C20H17NO3/c1-24-17-11-12-19(18(13-17)20(22)23)21-16-9-7-15(8-10-16)14-5-3-2-4-6-14/h2-13,21H,1H3,(H,22,23). The zero-order valence-electron chi connectivity index (χ0n) is 13.2. The van der Waals surface area contributed by atoms with Gasteiger partial charge < -0.3 is 15.2 Å². The molecule has 120 valence electrons. The third-order valence-electron chi connectivity index (χ3n) is 3.73. The van der Waals surface area contributed by atoms with E-state index in [-0.39, 0.29) is 5.56 Å². The second kappa shape index (κ2) is 6.87. The van der Waals surface area contributed by atoms with Crippen LogP contribution in [0.25, 0.3) is 11.1 Å². The number of rotatable bonds is 5. The highest BCUT2D eigenvalue weighted by Gasteiger charge is 2.11. The fourth-order valence-electron chi connectivity index (χ4n) is 2.47. The van der Waals surface area contributed by atoms with Crippen molar-refractivity contribution in [3.05, 3.63) is 78.4 Å². The number of aromatic carboxylic acids is 1. The highest BCUT2D eigenvalue weighted by Crippen LogP contribution is 2.27. The summed E-state index contributed by atoms with van der Waals surface area (Å²) >= 11 is 0. The molecule has 0 saturated carbocycles. The van der Waals surface area contributed by atoms with Gasteiger partial charge in [-0.3, -0.25) is 0 Å². The highest BCUT2D eigenvalue weighted by atomic mass is 16.5. The number of nitrogens with one attached hydrogen (secondary N) is 1. The minimum absolute atomic E-state index is 0.168. The summed E-state index contributed by atoms with van der Waals surface area (Å²) in [4.78, 5) is 11.4. The molecule has 24 heavy (non-hydrogen) atoms. The summed E-state index contributed by atoms with van der Waals surface area (Å²) in [7, 11) is 1.51. The monoisotopic (exact) mass is 319 g/mol. The van der Waals surface area contributed by atoms with Gasteiger partial charge in [0.1, 0.15) is 5.75 Å². The lowest BCUT2D eigenvalue weighted by Crippen LogP contribution is -2.03. The van der Waals surface area contributed by atoms with E-state index in [0.717, 1.165) is 16.8 Å². The average Bonchev–Trinajstić information content (AvgIpc) is 2.63. The first-order chi connectivity index (χ1) is 11.7. The molecule has 3 aromatic rings. The molecule has 4 heteroatoms. The minimum atomic E-state index is -1.00. The van der Waals surface area contributed by atoms with Gasteiger partial charge in [0.05, 0.1) is 18.4 Å². The van der Waals surface area contributed by atoms with Gasteiger partial charge in [-0.15, -0.1) is 0 Å². The average molecular weight is 319 g/mol. The molecular formula is C20H17NO3. The van der Waals surface area contributed by atoms with Crippen LogP contribution in [0.15, 0.2) is 72.8 Å². The van der Waals surface area contributed by atoms with Crippen LogP contribution in [0.1, 0.15) is 10.4 Å². The first-order valence-electron chi connectivity index (χ1n) is 7.51. The van der Waals surface area contributed by atoms with E-state index in [1.54, 1.807) is 12.1 Å². The van der Waals surface area contributed by atoms with Gasteiger partial charge in [0.2, 0.25) is 0 Å². The number of benzene rings is 3. The van der Waals surface area contributed by atoms with Gasteiger partial charge in [-0.1, -0.05) is 42.5 Å². The summed E-state index contributed by atoms with van der Waals surface area (Å²) in [6, 6.07) is 22.9. The second-order valence-corrected chi connectivity index (χ2v) is 5.29. The van der Waals surface area contributed by atoms with Crippen LogP contribution in [-0.2, 0) is 0 Å². The Bertz CT molecular complexity index is 843. The Hall–Kier alpha value is -3.27. The minimum Gasteiger partial charge on any atom is -0.497 e. The summed E-state index contributed by atoms with van der Waals surface area (Å²) < 4.78 is 5.08. The Balaban J connectivity index is 1.85. The number of hydrogen-bond donors (Lipinski definition) is 2.